The summed E-state index contributed by atoms with van der Waals surface area (Å²) in [6.07, 6.45) is 0. The van der Waals surface area contributed by atoms with E-state index in [1.165, 1.54) is 11.7 Å². The molecular weight excluding hydrogens is 168 g/mol. The summed E-state index contributed by atoms with van der Waals surface area (Å²) < 4.78 is 4.70. The van der Waals surface area contributed by atoms with E-state index in [-0.39, 0.29) is 5.73 Å². The molecule has 1 radical (unpaired) electrons. The van der Waals surface area contributed by atoms with Crippen LogP contribution in [-0.2, 0) is 9.53 Å². The Bertz CT molecular complexity index is 236. The SMILES string of the molecule is CC(O[C]=O)[SiH2]c1ccccc1. The molecule has 1 atom stereocenters. The Morgan fingerprint density at radius 2 is 2.08 bits per heavy atom. The first-order valence-corrected chi connectivity index (χ1v) is 5.42. The summed E-state index contributed by atoms with van der Waals surface area (Å²) in [5, 5.41) is 1.31. The van der Waals surface area contributed by atoms with Crippen molar-refractivity contribution in [2.45, 2.75) is 12.7 Å². The van der Waals surface area contributed by atoms with Crippen molar-refractivity contribution in [2.75, 3.05) is 0 Å². The minimum Gasteiger partial charge on any atom is -0.458 e. The molecule has 3 heteroatoms. The van der Waals surface area contributed by atoms with E-state index in [0.29, 0.717) is 0 Å². The Kier molecular flexibility index (Phi) is 3.54. The molecule has 0 aromatic heterocycles. The second-order valence-electron chi connectivity index (χ2n) is 2.70. The molecule has 1 rings (SSSR count). The molecule has 0 bridgehead atoms. The van der Waals surface area contributed by atoms with Crippen LogP contribution in [0, 0.1) is 0 Å². The number of benzene rings is 1. The van der Waals surface area contributed by atoms with Crippen molar-refractivity contribution in [1.82, 2.24) is 0 Å². The minimum absolute atomic E-state index is 0.0462. The van der Waals surface area contributed by atoms with Gasteiger partial charge in [-0.2, -0.15) is 0 Å². The molecule has 0 aliphatic heterocycles. The molecule has 12 heavy (non-hydrogen) atoms. The predicted molar refractivity (Wildman–Crippen MR) is 50.9 cm³/mol. The van der Waals surface area contributed by atoms with E-state index in [1.54, 1.807) is 0 Å². The van der Waals surface area contributed by atoms with Crippen LogP contribution in [0.4, 0.5) is 0 Å². The van der Waals surface area contributed by atoms with E-state index in [0.717, 1.165) is 0 Å². The second kappa shape index (κ2) is 4.72. The highest BCUT2D eigenvalue weighted by molar-refractivity contribution is 6.54. The fourth-order valence-electron chi connectivity index (χ4n) is 1.07. The summed E-state index contributed by atoms with van der Waals surface area (Å²) in [4.78, 5) is 9.88. The zero-order valence-electron chi connectivity index (χ0n) is 6.99. The molecule has 0 spiro atoms. The van der Waals surface area contributed by atoms with E-state index in [4.69, 9.17) is 4.74 Å². The summed E-state index contributed by atoms with van der Waals surface area (Å²) in [5.74, 6) is 0. The van der Waals surface area contributed by atoms with Crippen LogP contribution < -0.4 is 5.19 Å². The third-order valence-corrected chi connectivity index (χ3v) is 3.30. The Hall–Kier alpha value is -1.09. The first-order chi connectivity index (χ1) is 5.83. The topological polar surface area (TPSA) is 26.3 Å². The van der Waals surface area contributed by atoms with E-state index >= 15 is 0 Å². The number of hydrogen-bond acceptors (Lipinski definition) is 2. The zero-order valence-corrected chi connectivity index (χ0v) is 8.40. The molecular formula is C9H11O2Si. The van der Waals surface area contributed by atoms with Gasteiger partial charge in [0.25, 0.3) is 0 Å². The average Bonchev–Trinajstić information content (AvgIpc) is 2.06. The van der Waals surface area contributed by atoms with Gasteiger partial charge in [-0.3, -0.25) is 0 Å². The molecule has 0 fully saturated rings. The quantitative estimate of drug-likeness (QED) is 0.604. The molecule has 0 saturated heterocycles. The summed E-state index contributed by atoms with van der Waals surface area (Å²) in [7, 11) is -0.483. The van der Waals surface area contributed by atoms with Crippen molar-refractivity contribution in [1.29, 1.82) is 0 Å². The minimum atomic E-state index is -0.483. The number of hydrogen-bond donors (Lipinski definition) is 0. The smallest absolute Gasteiger partial charge is 0.417 e. The molecule has 0 aliphatic carbocycles. The highest BCUT2D eigenvalue weighted by atomic mass is 28.2. The summed E-state index contributed by atoms with van der Waals surface area (Å²) >= 11 is 0. The Labute approximate surface area is 74.4 Å². The molecule has 2 nitrogen and oxygen atoms in total. The predicted octanol–water partition coefficient (Wildman–Crippen LogP) is -0.0895. The van der Waals surface area contributed by atoms with Crippen molar-refractivity contribution in [3.8, 4) is 0 Å². The van der Waals surface area contributed by atoms with Gasteiger partial charge in [0, 0.05) is 0 Å². The lowest BCUT2D eigenvalue weighted by Gasteiger charge is -2.06. The van der Waals surface area contributed by atoms with Gasteiger partial charge < -0.3 is 4.74 Å². The maximum absolute atomic E-state index is 9.88. The van der Waals surface area contributed by atoms with Crippen LogP contribution in [0.25, 0.3) is 0 Å². The standard InChI is InChI=1S/C9H11O2Si/c1-8(11-7-10)12-9-5-3-2-4-6-9/h2-6,8H,12H2,1H3. The van der Waals surface area contributed by atoms with E-state index in [1.807, 2.05) is 25.1 Å². The lowest BCUT2D eigenvalue weighted by molar-refractivity contribution is 0.261. The monoisotopic (exact) mass is 179 g/mol. The lowest BCUT2D eigenvalue weighted by Crippen LogP contribution is -2.27. The first-order valence-electron chi connectivity index (χ1n) is 3.89. The third kappa shape index (κ3) is 2.88. The van der Waals surface area contributed by atoms with E-state index < -0.39 is 9.52 Å². The Morgan fingerprint density at radius 3 is 2.67 bits per heavy atom. The van der Waals surface area contributed by atoms with Crippen LogP contribution in [-0.4, -0.2) is 21.7 Å². The molecule has 0 saturated carbocycles. The van der Waals surface area contributed by atoms with Crippen LogP contribution >= 0.6 is 0 Å². The Balaban J connectivity index is 2.46. The maximum atomic E-state index is 9.88. The zero-order chi connectivity index (χ0) is 8.81. The number of rotatable bonds is 4. The molecule has 1 unspecified atom stereocenters. The summed E-state index contributed by atoms with van der Waals surface area (Å²) in [6, 6.07) is 10.1. The van der Waals surface area contributed by atoms with E-state index in [2.05, 4.69) is 12.1 Å². The fraction of sp³-hybridized carbons (Fsp3) is 0.222. The molecule has 1 aromatic carbocycles. The van der Waals surface area contributed by atoms with Gasteiger partial charge in [0.1, 0.15) is 9.52 Å². The molecule has 0 aliphatic rings. The van der Waals surface area contributed by atoms with Gasteiger partial charge in [0.05, 0.1) is 5.73 Å². The van der Waals surface area contributed by atoms with E-state index in [9.17, 15) is 4.79 Å². The second-order valence-corrected chi connectivity index (χ2v) is 5.08. The normalized spacial score (nSPS) is 13.1. The molecule has 0 N–H and O–H groups in total. The van der Waals surface area contributed by atoms with Crippen molar-refractivity contribution in [2.24, 2.45) is 0 Å². The van der Waals surface area contributed by atoms with Crippen molar-refractivity contribution < 1.29 is 9.53 Å². The molecule has 0 heterocycles. The van der Waals surface area contributed by atoms with Crippen LogP contribution in [0.3, 0.4) is 0 Å². The number of ether oxygens (including phenoxy) is 1. The van der Waals surface area contributed by atoms with Crippen LogP contribution in [0.2, 0.25) is 0 Å². The summed E-state index contributed by atoms with van der Waals surface area (Å²) in [5.41, 5.74) is 0.0462. The average molecular weight is 179 g/mol. The van der Waals surface area contributed by atoms with Crippen molar-refractivity contribution >= 4 is 21.2 Å². The highest BCUT2D eigenvalue weighted by Crippen LogP contribution is 1.87. The van der Waals surface area contributed by atoms with Gasteiger partial charge in [-0.25, -0.2) is 4.79 Å². The van der Waals surface area contributed by atoms with Crippen molar-refractivity contribution in [3.05, 3.63) is 30.3 Å². The van der Waals surface area contributed by atoms with Gasteiger partial charge in [0.15, 0.2) is 0 Å². The molecule has 63 valence electrons. The van der Waals surface area contributed by atoms with Gasteiger partial charge in [0.2, 0.25) is 0 Å². The summed E-state index contributed by atoms with van der Waals surface area (Å²) in [6.45, 7) is 3.38. The highest BCUT2D eigenvalue weighted by Gasteiger charge is 2.03. The molecule has 0 amide bonds. The van der Waals surface area contributed by atoms with Crippen molar-refractivity contribution in [3.63, 3.8) is 0 Å². The maximum Gasteiger partial charge on any atom is 0.417 e. The number of carbonyl (C=O) groups excluding carboxylic acids is 1. The largest absolute Gasteiger partial charge is 0.458 e. The van der Waals surface area contributed by atoms with Gasteiger partial charge in [-0.05, 0) is 6.92 Å². The lowest BCUT2D eigenvalue weighted by atomic mass is 10.4. The van der Waals surface area contributed by atoms with Crippen LogP contribution in [0.1, 0.15) is 6.92 Å². The Morgan fingerprint density at radius 1 is 1.42 bits per heavy atom. The fourth-order valence-corrected chi connectivity index (χ4v) is 2.43. The van der Waals surface area contributed by atoms with Gasteiger partial charge in [-0.1, -0.05) is 35.5 Å². The van der Waals surface area contributed by atoms with Crippen LogP contribution in [0.15, 0.2) is 30.3 Å². The van der Waals surface area contributed by atoms with Gasteiger partial charge >= 0.3 is 6.47 Å². The van der Waals surface area contributed by atoms with Gasteiger partial charge in [-0.15, -0.1) is 0 Å². The molecule has 1 aromatic rings. The first kappa shape index (κ1) is 9.00. The third-order valence-electron chi connectivity index (χ3n) is 1.62. The van der Waals surface area contributed by atoms with Crippen LogP contribution in [0.5, 0.6) is 0 Å².